The maximum atomic E-state index is 12.8. The molecular formula is C25H16Cl2N2O4S. The fourth-order valence-corrected chi connectivity index (χ4v) is 4.35. The lowest BCUT2D eigenvalue weighted by Crippen LogP contribution is -2.12. The van der Waals surface area contributed by atoms with E-state index in [9.17, 15) is 13.7 Å². The standard InChI is InChI=1S/C25H16Cl2N2O4S/c26-17-4-8-19(9-5-17)32-20-10-6-18(7-11-20)29-34(30,31)22-14-12-21(13-15-22)33-25-3-1-2-24(27)23(25)16-28/h1-15,29H. The summed E-state index contributed by atoms with van der Waals surface area (Å²) < 4.78 is 39.5. The third-order valence-electron chi connectivity index (χ3n) is 4.60. The van der Waals surface area contributed by atoms with Crippen molar-refractivity contribution in [3.63, 3.8) is 0 Å². The first kappa shape index (κ1) is 23.5. The zero-order chi connectivity index (χ0) is 24.1. The summed E-state index contributed by atoms with van der Waals surface area (Å²) in [5.74, 6) is 1.80. The van der Waals surface area contributed by atoms with Crippen molar-refractivity contribution in [2.75, 3.05) is 4.72 Å². The second-order valence-electron chi connectivity index (χ2n) is 6.98. The van der Waals surface area contributed by atoms with E-state index in [0.717, 1.165) is 0 Å². The highest BCUT2D eigenvalue weighted by Gasteiger charge is 2.15. The van der Waals surface area contributed by atoms with E-state index in [1.807, 2.05) is 6.07 Å². The van der Waals surface area contributed by atoms with Gasteiger partial charge in [-0.25, -0.2) is 8.42 Å². The molecule has 6 nitrogen and oxygen atoms in total. The lowest BCUT2D eigenvalue weighted by Gasteiger charge is -2.11. The molecule has 0 spiro atoms. The molecule has 0 heterocycles. The van der Waals surface area contributed by atoms with Crippen molar-refractivity contribution in [2.24, 2.45) is 0 Å². The maximum Gasteiger partial charge on any atom is 0.261 e. The zero-order valence-electron chi connectivity index (χ0n) is 17.4. The predicted molar refractivity (Wildman–Crippen MR) is 131 cm³/mol. The lowest BCUT2D eigenvalue weighted by molar-refractivity contribution is 0.480. The molecule has 0 atom stereocenters. The average molecular weight is 511 g/mol. The highest BCUT2D eigenvalue weighted by Crippen LogP contribution is 2.31. The molecule has 4 aromatic carbocycles. The minimum absolute atomic E-state index is 0.0490. The predicted octanol–water partition coefficient (Wildman–Crippen LogP) is 7.25. The number of ether oxygens (including phenoxy) is 2. The van der Waals surface area contributed by atoms with Crippen molar-refractivity contribution in [1.29, 1.82) is 5.26 Å². The minimum Gasteiger partial charge on any atom is -0.457 e. The molecule has 4 rings (SSSR count). The van der Waals surface area contributed by atoms with Gasteiger partial charge < -0.3 is 9.47 Å². The van der Waals surface area contributed by atoms with Gasteiger partial charge in [0.15, 0.2) is 0 Å². The van der Waals surface area contributed by atoms with Crippen LogP contribution in [0.25, 0.3) is 0 Å². The lowest BCUT2D eigenvalue weighted by atomic mass is 10.2. The van der Waals surface area contributed by atoms with E-state index in [1.165, 1.54) is 24.3 Å². The van der Waals surface area contributed by atoms with E-state index in [2.05, 4.69) is 4.72 Å². The van der Waals surface area contributed by atoms with Gasteiger partial charge in [-0.3, -0.25) is 4.72 Å². The molecule has 9 heteroatoms. The molecule has 0 bridgehead atoms. The number of anilines is 1. The summed E-state index contributed by atoms with van der Waals surface area (Å²) in [6.07, 6.45) is 0. The number of nitrogens with one attached hydrogen (secondary N) is 1. The number of hydrogen-bond acceptors (Lipinski definition) is 5. The van der Waals surface area contributed by atoms with E-state index in [4.69, 9.17) is 32.7 Å². The molecule has 0 saturated heterocycles. The number of hydrogen-bond donors (Lipinski definition) is 1. The summed E-state index contributed by atoms with van der Waals surface area (Å²) in [6.45, 7) is 0. The Morgan fingerprint density at radius 1 is 0.735 bits per heavy atom. The monoisotopic (exact) mass is 510 g/mol. The molecule has 0 radical (unpaired) electrons. The molecule has 34 heavy (non-hydrogen) atoms. The Morgan fingerprint density at radius 3 is 1.91 bits per heavy atom. The first-order chi connectivity index (χ1) is 16.3. The molecule has 0 aliphatic carbocycles. The molecule has 0 aliphatic rings. The van der Waals surface area contributed by atoms with Gasteiger partial charge in [-0.2, -0.15) is 5.26 Å². The second kappa shape index (κ2) is 10.1. The van der Waals surface area contributed by atoms with Crippen LogP contribution in [0.15, 0.2) is 95.9 Å². The molecule has 0 amide bonds. The summed E-state index contributed by atoms with van der Waals surface area (Å²) in [5, 5.41) is 10.1. The van der Waals surface area contributed by atoms with Crippen molar-refractivity contribution in [3.8, 4) is 29.1 Å². The van der Waals surface area contributed by atoms with Crippen LogP contribution in [0, 0.1) is 11.3 Å². The molecular weight excluding hydrogens is 495 g/mol. The molecule has 0 aromatic heterocycles. The van der Waals surface area contributed by atoms with Crippen LogP contribution in [-0.2, 0) is 10.0 Å². The van der Waals surface area contributed by atoms with Crippen LogP contribution < -0.4 is 14.2 Å². The third kappa shape index (κ3) is 5.61. The van der Waals surface area contributed by atoms with Crippen molar-refractivity contribution in [1.82, 2.24) is 0 Å². The van der Waals surface area contributed by atoms with Gasteiger partial charge in [-0.15, -0.1) is 0 Å². The Hall–Kier alpha value is -3.70. The maximum absolute atomic E-state index is 12.8. The van der Waals surface area contributed by atoms with Crippen LogP contribution in [0.5, 0.6) is 23.0 Å². The highest BCUT2D eigenvalue weighted by molar-refractivity contribution is 7.92. The average Bonchev–Trinajstić information content (AvgIpc) is 2.82. The Bertz CT molecular complexity index is 1450. The summed E-state index contributed by atoms with van der Waals surface area (Å²) in [6, 6.07) is 26.1. The normalized spacial score (nSPS) is 10.9. The molecule has 170 valence electrons. The SMILES string of the molecule is N#Cc1c(Cl)cccc1Oc1ccc(S(=O)(=O)Nc2ccc(Oc3ccc(Cl)cc3)cc2)cc1. The van der Waals surface area contributed by atoms with Gasteiger partial charge in [0, 0.05) is 10.7 Å². The van der Waals surface area contributed by atoms with Crippen molar-refractivity contribution >= 4 is 38.9 Å². The van der Waals surface area contributed by atoms with E-state index in [1.54, 1.807) is 66.7 Å². The van der Waals surface area contributed by atoms with Crippen LogP contribution in [0.4, 0.5) is 5.69 Å². The fraction of sp³-hybridized carbons (Fsp3) is 0. The van der Waals surface area contributed by atoms with E-state index < -0.39 is 10.0 Å². The third-order valence-corrected chi connectivity index (χ3v) is 6.57. The van der Waals surface area contributed by atoms with E-state index in [-0.39, 0.29) is 21.2 Å². The smallest absolute Gasteiger partial charge is 0.261 e. The van der Waals surface area contributed by atoms with Gasteiger partial charge >= 0.3 is 0 Å². The van der Waals surface area contributed by atoms with E-state index >= 15 is 0 Å². The molecule has 0 saturated carbocycles. The van der Waals surface area contributed by atoms with Gasteiger partial charge in [-0.05, 0) is 84.9 Å². The van der Waals surface area contributed by atoms with Crippen LogP contribution in [0.1, 0.15) is 5.56 Å². The quantitative estimate of drug-likeness (QED) is 0.282. The number of rotatable bonds is 7. The van der Waals surface area contributed by atoms with Gasteiger partial charge in [0.1, 0.15) is 34.6 Å². The van der Waals surface area contributed by atoms with Gasteiger partial charge in [0.2, 0.25) is 0 Å². The van der Waals surface area contributed by atoms with Crippen molar-refractivity contribution in [2.45, 2.75) is 4.90 Å². The molecule has 0 aliphatic heterocycles. The van der Waals surface area contributed by atoms with Gasteiger partial charge in [0.05, 0.1) is 9.92 Å². The van der Waals surface area contributed by atoms with Gasteiger partial charge in [-0.1, -0.05) is 29.3 Å². The Morgan fingerprint density at radius 2 is 1.29 bits per heavy atom. The van der Waals surface area contributed by atoms with Crippen LogP contribution in [0.2, 0.25) is 10.0 Å². The second-order valence-corrected chi connectivity index (χ2v) is 9.51. The number of nitriles is 1. The van der Waals surface area contributed by atoms with Crippen molar-refractivity contribution < 1.29 is 17.9 Å². The van der Waals surface area contributed by atoms with Crippen LogP contribution in [-0.4, -0.2) is 8.42 Å². The largest absolute Gasteiger partial charge is 0.457 e. The topological polar surface area (TPSA) is 88.4 Å². The summed E-state index contributed by atoms with van der Waals surface area (Å²) >= 11 is 11.9. The Kier molecular flexibility index (Phi) is 6.94. The molecule has 1 N–H and O–H groups in total. The summed E-state index contributed by atoms with van der Waals surface area (Å²) in [7, 11) is -3.83. The first-order valence-electron chi connectivity index (χ1n) is 9.87. The highest BCUT2D eigenvalue weighted by atomic mass is 35.5. The van der Waals surface area contributed by atoms with Gasteiger partial charge in [0.25, 0.3) is 10.0 Å². The number of nitrogens with zero attached hydrogens (tertiary/aromatic N) is 1. The number of sulfonamides is 1. The summed E-state index contributed by atoms with van der Waals surface area (Å²) in [5.41, 5.74) is 0.576. The fourth-order valence-electron chi connectivity index (χ4n) is 2.96. The Balaban J connectivity index is 1.43. The molecule has 0 fully saturated rings. The van der Waals surface area contributed by atoms with Crippen LogP contribution in [0.3, 0.4) is 0 Å². The number of halogens is 2. The zero-order valence-corrected chi connectivity index (χ0v) is 19.7. The molecule has 4 aromatic rings. The first-order valence-corrected chi connectivity index (χ1v) is 12.1. The summed E-state index contributed by atoms with van der Waals surface area (Å²) in [4.78, 5) is 0.0490. The van der Waals surface area contributed by atoms with E-state index in [0.29, 0.717) is 28.0 Å². The Labute approximate surface area is 207 Å². The number of benzene rings is 4. The molecule has 0 unspecified atom stereocenters. The van der Waals surface area contributed by atoms with Crippen LogP contribution >= 0.6 is 23.2 Å². The van der Waals surface area contributed by atoms with Crippen molar-refractivity contribution in [3.05, 3.63) is 107 Å². The minimum atomic E-state index is -3.83.